The van der Waals surface area contributed by atoms with E-state index in [1.807, 2.05) is 54.6 Å². The molecule has 150 valence electrons. The third kappa shape index (κ3) is 3.59. The summed E-state index contributed by atoms with van der Waals surface area (Å²) in [6.07, 6.45) is 6.00. The molecule has 29 heavy (non-hydrogen) atoms. The van der Waals surface area contributed by atoms with E-state index < -0.39 is 17.7 Å². The van der Waals surface area contributed by atoms with Crippen LogP contribution in [0.4, 0.5) is 0 Å². The number of aryl methyl sites for hydroxylation is 1. The van der Waals surface area contributed by atoms with Crippen LogP contribution in [0.3, 0.4) is 0 Å². The number of nitrogens with zero attached hydrogens (tertiary/aromatic N) is 1. The first-order chi connectivity index (χ1) is 14.1. The van der Waals surface area contributed by atoms with Crippen LogP contribution in [0.5, 0.6) is 0 Å². The number of carbonyl (C=O) groups excluding carboxylic acids is 2. The molecule has 2 aromatic carbocycles. The minimum atomic E-state index is -0.582. The maximum absolute atomic E-state index is 13.1. The van der Waals surface area contributed by atoms with Crippen LogP contribution in [0.2, 0.25) is 0 Å². The van der Waals surface area contributed by atoms with Gasteiger partial charge in [-0.1, -0.05) is 80.8 Å². The van der Waals surface area contributed by atoms with Gasteiger partial charge in [0.15, 0.2) is 0 Å². The van der Waals surface area contributed by atoms with E-state index in [1.165, 1.54) is 6.42 Å². The van der Waals surface area contributed by atoms with E-state index in [0.717, 1.165) is 43.2 Å². The number of hydrogen-bond donors (Lipinski definition) is 1. The Morgan fingerprint density at radius 2 is 1.62 bits per heavy atom. The van der Waals surface area contributed by atoms with E-state index in [-0.39, 0.29) is 17.4 Å². The number of Topliss-reactive ketones (excluding diaryl/α,β-unsaturated/α-hetero) is 1. The molecule has 0 aromatic heterocycles. The van der Waals surface area contributed by atoms with Gasteiger partial charge in [-0.15, -0.1) is 0 Å². The lowest BCUT2D eigenvalue weighted by molar-refractivity contribution is -0.141. The van der Waals surface area contributed by atoms with Crippen molar-refractivity contribution < 1.29 is 14.7 Å². The molecule has 2 aromatic rings. The molecule has 0 radical (unpaired) electrons. The van der Waals surface area contributed by atoms with Crippen molar-refractivity contribution in [1.82, 2.24) is 4.90 Å². The fourth-order valence-electron chi connectivity index (χ4n) is 4.60. The second kappa shape index (κ2) is 8.24. The number of aliphatic hydroxyl groups excluding tert-OH is 1. The van der Waals surface area contributed by atoms with Crippen LogP contribution in [-0.4, -0.2) is 27.7 Å². The molecule has 1 N–H and O–H groups in total. The quantitative estimate of drug-likeness (QED) is 0.455. The Hall–Kier alpha value is -2.88. The fourth-order valence-corrected chi connectivity index (χ4v) is 4.60. The summed E-state index contributed by atoms with van der Waals surface area (Å²) in [5.41, 5.74) is 2.80. The molecule has 1 heterocycles. The number of aliphatic hydroxyl groups is 1. The van der Waals surface area contributed by atoms with Crippen LogP contribution in [0, 0.1) is 0 Å². The van der Waals surface area contributed by atoms with Crippen LogP contribution in [0.25, 0.3) is 5.76 Å². The number of amides is 1. The minimum absolute atomic E-state index is 0.0400. The first-order valence-corrected chi connectivity index (χ1v) is 10.6. The Morgan fingerprint density at radius 3 is 2.24 bits per heavy atom. The topological polar surface area (TPSA) is 57.6 Å². The van der Waals surface area contributed by atoms with Gasteiger partial charge in [-0.05, 0) is 30.4 Å². The second-order valence-corrected chi connectivity index (χ2v) is 7.96. The van der Waals surface area contributed by atoms with Crippen LogP contribution >= 0.6 is 0 Å². The molecule has 1 amide bonds. The van der Waals surface area contributed by atoms with Crippen LogP contribution in [0.1, 0.15) is 61.8 Å². The van der Waals surface area contributed by atoms with Crippen LogP contribution < -0.4 is 0 Å². The predicted octanol–water partition coefficient (Wildman–Crippen LogP) is 5.00. The number of likely N-dealkylation sites (tertiary alicyclic amines) is 1. The highest BCUT2D eigenvalue weighted by Crippen LogP contribution is 2.42. The molecule has 4 nitrogen and oxygen atoms in total. The van der Waals surface area contributed by atoms with Gasteiger partial charge in [0.05, 0.1) is 11.6 Å². The molecule has 0 bridgehead atoms. The molecule has 2 fully saturated rings. The average molecular weight is 389 g/mol. The maximum atomic E-state index is 13.1. The Balaban J connectivity index is 1.83. The largest absolute Gasteiger partial charge is 0.507 e. The molecule has 1 unspecified atom stereocenters. The third-order valence-electron chi connectivity index (χ3n) is 6.20. The van der Waals surface area contributed by atoms with Gasteiger partial charge in [-0.2, -0.15) is 0 Å². The molecule has 0 spiro atoms. The van der Waals surface area contributed by atoms with Crippen molar-refractivity contribution in [2.45, 2.75) is 57.5 Å². The highest BCUT2D eigenvalue weighted by molar-refractivity contribution is 6.46. The number of ketones is 1. The van der Waals surface area contributed by atoms with Gasteiger partial charge in [0.1, 0.15) is 5.76 Å². The molecule has 2 aliphatic rings. The highest BCUT2D eigenvalue weighted by Gasteiger charge is 2.48. The van der Waals surface area contributed by atoms with Crippen molar-refractivity contribution >= 4 is 17.4 Å². The Morgan fingerprint density at radius 1 is 0.966 bits per heavy atom. The molecule has 1 saturated carbocycles. The lowest BCUT2D eigenvalue weighted by Gasteiger charge is -2.35. The smallest absolute Gasteiger partial charge is 0.295 e. The average Bonchev–Trinajstić information content (AvgIpc) is 3.05. The monoisotopic (exact) mass is 389 g/mol. The zero-order valence-electron chi connectivity index (χ0n) is 16.8. The van der Waals surface area contributed by atoms with E-state index in [1.54, 1.807) is 4.90 Å². The lowest BCUT2D eigenvalue weighted by atomic mass is 9.91. The number of rotatable bonds is 4. The van der Waals surface area contributed by atoms with E-state index >= 15 is 0 Å². The van der Waals surface area contributed by atoms with Gasteiger partial charge in [-0.3, -0.25) is 9.59 Å². The van der Waals surface area contributed by atoms with Crippen molar-refractivity contribution in [3.05, 3.63) is 76.9 Å². The normalized spacial score (nSPS) is 22.2. The Bertz CT molecular complexity index is 924. The zero-order chi connectivity index (χ0) is 20.4. The summed E-state index contributed by atoms with van der Waals surface area (Å²) in [6.45, 7) is 2.07. The van der Waals surface area contributed by atoms with E-state index in [4.69, 9.17) is 0 Å². The van der Waals surface area contributed by atoms with E-state index in [0.29, 0.717) is 5.56 Å². The van der Waals surface area contributed by atoms with Gasteiger partial charge < -0.3 is 10.0 Å². The third-order valence-corrected chi connectivity index (χ3v) is 6.20. The molecule has 1 saturated heterocycles. The fraction of sp³-hybridized carbons (Fsp3) is 0.360. The standard InChI is InChI=1S/C25H27NO3/c1-2-17-13-15-19(16-14-17)23(27)21-22(18-9-5-3-6-10-18)26(25(29)24(21)28)20-11-7-4-8-12-20/h3,5-6,9-10,13-16,20,22,27H,2,4,7-8,11-12H2,1H3/b23-21-. The van der Waals surface area contributed by atoms with Gasteiger partial charge in [0, 0.05) is 11.6 Å². The minimum Gasteiger partial charge on any atom is -0.507 e. The molecule has 1 aliphatic carbocycles. The zero-order valence-corrected chi connectivity index (χ0v) is 16.8. The summed E-state index contributed by atoms with van der Waals surface area (Å²) in [7, 11) is 0. The summed E-state index contributed by atoms with van der Waals surface area (Å²) < 4.78 is 0. The van der Waals surface area contributed by atoms with Gasteiger partial charge in [0.25, 0.3) is 11.7 Å². The Kier molecular flexibility index (Phi) is 5.52. The first kappa shape index (κ1) is 19.4. The molecule has 4 rings (SSSR count). The van der Waals surface area contributed by atoms with Crippen molar-refractivity contribution in [3.63, 3.8) is 0 Å². The van der Waals surface area contributed by atoms with Crippen LogP contribution in [-0.2, 0) is 16.0 Å². The number of hydrogen-bond acceptors (Lipinski definition) is 3. The number of benzene rings is 2. The van der Waals surface area contributed by atoms with Crippen molar-refractivity contribution in [2.75, 3.05) is 0 Å². The van der Waals surface area contributed by atoms with Crippen molar-refractivity contribution in [1.29, 1.82) is 0 Å². The van der Waals surface area contributed by atoms with Gasteiger partial charge >= 0.3 is 0 Å². The molecule has 1 aliphatic heterocycles. The summed E-state index contributed by atoms with van der Waals surface area (Å²) in [6, 6.07) is 16.6. The number of carbonyl (C=O) groups is 2. The highest BCUT2D eigenvalue weighted by atomic mass is 16.3. The van der Waals surface area contributed by atoms with Crippen molar-refractivity contribution in [3.8, 4) is 0 Å². The van der Waals surface area contributed by atoms with E-state index in [2.05, 4.69) is 6.92 Å². The van der Waals surface area contributed by atoms with E-state index in [9.17, 15) is 14.7 Å². The Labute approximate surface area is 171 Å². The maximum Gasteiger partial charge on any atom is 0.295 e. The molecule has 4 heteroatoms. The van der Waals surface area contributed by atoms with Crippen molar-refractivity contribution in [2.24, 2.45) is 0 Å². The lowest BCUT2D eigenvalue weighted by Crippen LogP contribution is -2.40. The summed E-state index contributed by atoms with van der Waals surface area (Å²) in [4.78, 5) is 27.9. The predicted molar refractivity (Wildman–Crippen MR) is 113 cm³/mol. The second-order valence-electron chi connectivity index (χ2n) is 7.96. The molecule has 1 atom stereocenters. The SMILES string of the molecule is CCc1ccc(/C(O)=C2/C(=O)C(=O)N(C3CCCCC3)C2c2ccccc2)cc1. The van der Waals surface area contributed by atoms with Gasteiger partial charge in [-0.25, -0.2) is 0 Å². The first-order valence-electron chi connectivity index (χ1n) is 10.6. The summed E-state index contributed by atoms with van der Waals surface area (Å²) in [5.74, 6) is -1.16. The van der Waals surface area contributed by atoms with Gasteiger partial charge in [0.2, 0.25) is 0 Å². The molecular formula is C25H27NO3. The van der Waals surface area contributed by atoms with Crippen LogP contribution in [0.15, 0.2) is 60.2 Å². The molecular weight excluding hydrogens is 362 g/mol. The summed E-state index contributed by atoms with van der Waals surface area (Å²) in [5, 5.41) is 11.1. The summed E-state index contributed by atoms with van der Waals surface area (Å²) >= 11 is 0.